The molecule has 0 N–H and O–H groups in total. The van der Waals surface area contributed by atoms with Gasteiger partial charge in [-0.25, -0.2) is 0 Å². The molecule has 4 heteroatoms. The van der Waals surface area contributed by atoms with Crippen molar-refractivity contribution in [3.05, 3.63) is 42.2 Å². The maximum Gasteiger partial charge on any atom is 0.184 e. The van der Waals surface area contributed by atoms with Crippen LogP contribution in [0.2, 0.25) is 0 Å². The van der Waals surface area contributed by atoms with Gasteiger partial charge in [0.2, 0.25) is 0 Å². The molecule has 1 rings (SSSR count). The SMILES string of the molecule is C=C(C=O)Oc1ccc(/C=C/C=O)cc1OC. The zero-order chi connectivity index (χ0) is 12.7. The summed E-state index contributed by atoms with van der Waals surface area (Å²) < 4.78 is 10.3. The molecule has 0 aliphatic carbocycles. The number of rotatable bonds is 6. The minimum atomic E-state index is -0.000478. The van der Waals surface area contributed by atoms with Crippen LogP contribution in [-0.2, 0) is 9.59 Å². The third kappa shape index (κ3) is 3.61. The second-order valence-corrected chi connectivity index (χ2v) is 3.09. The summed E-state index contributed by atoms with van der Waals surface area (Å²) in [5, 5.41) is 0. The minimum Gasteiger partial charge on any atom is -0.493 e. The van der Waals surface area contributed by atoms with Crippen LogP contribution in [0, 0.1) is 0 Å². The third-order valence-corrected chi connectivity index (χ3v) is 1.93. The molecule has 0 aromatic heterocycles. The number of hydrogen-bond donors (Lipinski definition) is 0. The molecule has 1 aromatic carbocycles. The smallest absolute Gasteiger partial charge is 0.184 e. The zero-order valence-corrected chi connectivity index (χ0v) is 9.38. The number of carbonyl (C=O) groups excluding carboxylic acids is 2. The largest absolute Gasteiger partial charge is 0.493 e. The first-order valence-electron chi connectivity index (χ1n) is 4.83. The van der Waals surface area contributed by atoms with E-state index < -0.39 is 0 Å². The minimum absolute atomic E-state index is 0.000478. The van der Waals surface area contributed by atoms with E-state index in [0.717, 1.165) is 5.56 Å². The average Bonchev–Trinajstić information content (AvgIpc) is 2.37. The zero-order valence-electron chi connectivity index (χ0n) is 9.38. The summed E-state index contributed by atoms with van der Waals surface area (Å²) in [6, 6.07) is 5.06. The molecular formula is C13H12O4. The van der Waals surface area contributed by atoms with Crippen LogP contribution in [0.3, 0.4) is 0 Å². The Labute approximate surface area is 99.2 Å². The van der Waals surface area contributed by atoms with Crippen molar-refractivity contribution in [2.75, 3.05) is 7.11 Å². The van der Waals surface area contributed by atoms with Crippen molar-refractivity contribution in [1.82, 2.24) is 0 Å². The van der Waals surface area contributed by atoms with E-state index in [1.165, 1.54) is 13.2 Å². The van der Waals surface area contributed by atoms with Crippen molar-refractivity contribution in [3.8, 4) is 11.5 Å². The lowest BCUT2D eigenvalue weighted by molar-refractivity contribution is -0.106. The summed E-state index contributed by atoms with van der Waals surface area (Å²) in [4.78, 5) is 20.6. The van der Waals surface area contributed by atoms with Crippen LogP contribution >= 0.6 is 0 Å². The van der Waals surface area contributed by atoms with Crippen LogP contribution < -0.4 is 9.47 Å². The standard InChI is InChI=1S/C13H12O4/c1-10(9-15)17-12-6-5-11(4-3-7-14)8-13(12)16-2/h3-9H,1H2,2H3/b4-3+. The normalized spacial score (nSPS) is 9.94. The highest BCUT2D eigenvalue weighted by atomic mass is 16.5. The van der Waals surface area contributed by atoms with Crippen molar-refractivity contribution < 1.29 is 19.1 Å². The molecule has 0 aliphatic heterocycles. The van der Waals surface area contributed by atoms with E-state index in [4.69, 9.17) is 9.47 Å². The Hall–Kier alpha value is -2.36. The quantitative estimate of drug-likeness (QED) is 0.427. The topological polar surface area (TPSA) is 52.6 Å². The molecule has 0 spiro atoms. The third-order valence-electron chi connectivity index (χ3n) is 1.93. The lowest BCUT2D eigenvalue weighted by Gasteiger charge is -2.09. The number of ether oxygens (including phenoxy) is 2. The van der Waals surface area contributed by atoms with Crippen LogP contribution in [0.5, 0.6) is 11.5 Å². The van der Waals surface area contributed by atoms with Crippen molar-refractivity contribution >= 4 is 18.6 Å². The highest BCUT2D eigenvalue weighted by molar-refractivity contribution is 5.74. The molecule has 0 bridgehead atoms. The number of aldehydes is 2. The van der Waals surface area contributed by atoms with E-state index in [2.05, 4.69) is 6.58 Å². The highest BCUT2D eigenvalue weighted by Crippen LogP contribution is 2.29. The molecule has 0 saturated heterocycles. The molecule has 0 atom stereocenters. The summed E-state index contributed by atoms with van der Waals surface area (Å²) in [7, 11) is 1.49. The lowest BCUT2D eigenvalue weighted by atomic mass is 10.2. The molecule has 0 aliphatic rings. The molecule has 4 nitrogen and oxygen atoms in total. The fraction of sp³-hybridized carbons (Fsp3) is 0.0769. The Morgan fingerprint density at radius 2 is 2.06 bits per heavy atom. The van der Waals surface area contributed by atoms with E-state index in [9.17, 15) is 9.59 Å². The van der Waals surface area contributed by atoms with Gasteiger partial charge < -0.3 is 9.47 Å². The molecule has 0 unspecified atom stereocenters. The molecule has 0 radical (unpaired) electrons. The van der Waals surface area contributed by atoms with Crippen LogP contribution in [0.1, 0.15) is 5.56 Å². The van der Waals surface area contributed by atoms with Gasteiger partial charge in [-0.1, -0.05) is 18.7 Å². The number of carbonyl (C=O) groups is 2. The molecular weight excluding hydrogens is 220 g/mol. The van der Waals surface area contributed by atoms with Crippen molar-refractivity contribution in [3.63, 3.8) is 0 Å². The molecule has 0 heterocycles. The number of benzene rings is 1. The Bertz CT molecular complexity index is 460. The molecule has 88 valence electrons. The first-order chi connectivity index (χ1) is 8.21. The van der Waals surface area contributed by atoms with Gasteiger partial charge in [-0.3, -0.25) is 9.59 Å². The Morgan fingerprint density at radius 1 is 1.29 bits per heavy atom. The van der Waals surface area contributed by atoms with Gasteiger partial charge in [0, 0.05) is 0 Å². The summed E-state index contributed by atoms with van der Waals surface area (Å²) >= 11 is 0. The molecule has 0 amide bonds. The maximum absolute atomic E-state index is 10.4. The van der Waals surface area contributed by atoms with Gasteiger partial charge in [-0.05, 0) is 23.8 Å². The average molecular weight is 232 g/mol. The predicted octanol–water partition coefficient (Wildman–Crippen LogP) is 2.00. The summed E-state index contributed by atoms with van der Waals surface area (Å²) in [6.07, 6.45) is 4.21. The fourth-order valence-corrected chi connectivity index (χ4v) is 1.19. The lowest BCUT2D eigenvalue weighted by Crippen LogP contribution is -1.97. The number of allylic oxidation sites excluding steroid dienone is 2. The van der Waals surface area contributed by atoms with E-state index in [-0.39, 0.29) is 5.76 Å². The molecule has 1 aromatic rings. The number of hydrogen-bond acceptors (Lipinski definition) is 4. The van der Waals surface area contributed by atoms with Gasteiger partial charge in [0.05, 0.1) is 7.11 Å². The Balaban J connectivity index is 3.00. The monoisotopic (exact) mass is 232 g/mol. The molecule has 17 heavy (non-hydrogen) atoms. The summed E-state index contributed by atoms with van der Waals surface area (Å²) in [5.74, 6) is 0.855. The van der Waals surface area contributed by atoms with Gasteiger partial charge in [0.25, 0.3) is 0 Å². The van der Waals surface area contributed by atoms with Gasteiger partial charge in [-0.2, -0.15) is 0 Å². The highest BCUT2D eigenvalue weighted by Gasteiger charge is 2.06. The van der Waals surface area contributed by atoms with Crippen molar-refractivity contribution in [2.45, 2.75) is 0 Å². The first-order valence-corrected chi connectivity index (χ1v) is 4.83. The van der Waals surface area contributed by atoms with Crippen LogP contribution in [0.15, 0.2) is 36.6 Å². The fourth-order valence-electron chi connectivity index (χ4n) is 1.19. The Morgan fingerprint density at radius 3 is 2.65 bits per heavy atom. The second-order valence-electron chi connectivity index (χ2n) is 3.09. The predicted molar refractivity (Wildman–Crippen MR) is 63.9 cm³/mol. The number of methoxy groups -OCH3 is 1. The van der Waals surface area contributed by atoms with Gasteiger partial charge in [-0.15, -0.1) is 0 Å². The second kappa shape index (κ2) is 6.27. The van der Waals surface area contributed by atoms with E-state index in [1.807, 2.05) is 0 Å². The van der Waals surface area contributed by atoms with Crippen LogP contribution in [0.25, 0.3) is 6.08 Å². The van der Waals surface area contributed by atoms with Gasteiger partial charge in [0.15, 0.2) is 23.5 Å². The molecule has 0 fully saturated rings. The Kier molecular flexibility index (Phi) is 4.69. The van der Waals surface area contributed by atoms with Crippen LogP contribution in [0.4, 0.5) is 0 Å². The van der Waals surface area contributed by atoms with Crippen LogP contribution in [-0.4, -0.2) is 19.7 Å². The van der Waals surface area contributed by atoms with Gasteiger partial charge >= 0.3 is 0 Å². The molecule has 0 saturated carbocycles. The van der Waals surface area contributed by atoms with Crippen molar-refractivity contribution in [1.29, 1.82) is 0 Å². The van der Waals surface area contributed by atoms with Gasteiger partial charge in [0.1, 0.15) is 6.29 Å². The van der Waals surface area contributed by atoms with E-state index in [0.29, 0.717) is 24.1 Å². The van der Waals surface area contributed by atoms with E-state index >= 15 is 0 Å². The van der Waals surface area contributed by atoms with Crippen molar-refractivity contribution in [2.24, 2.45) is 0 Å². The summed E-state index contributed by atoms with van der Waals surface area (Å²) in [6.45, 7) is 3.41. The maximum atomic E-state index is 10.4. The van der Waals surface area contributed by atoms with E-state index in [1.54, 1.807) is 24.3 Å². The first kappa shape index (κ1) is 12.7. The summed E-state index contributed by atoms with van der Waals surface area (Å²) in [5.41, 5.74) is 0.790.